The zero-order valence-electron chi connectivity index (χ0n) is 4.91. The quantitative estimate of drug-likeness (QED) is 0.651. The predicted molar refractivity (Wildman–Crippen MR) is 39.5 cm³/mol. The smallest absolute Gasteiger partial charge is 0.265 e. The first kappa shape index (κ1) is 5.85. The van der Waals surface area contributed by atoms with Crippen LogP contribution < -0.4 is 0 Å². The fourth-order valence-corrected chi connectivity index (χ4v) is 1.12. The lowest BCUT2D eigenvalue weighted by Crippen LogP contribution is -1.68. The Hall–Kier alpha value is -0.900. The molecule has 2 aromatic heterocycles. The lowest BCUT2D eigenvalue weighted by Gasteiger charge is -1.78. The number of pyridine rings is 1. The molecule has 0 bridgehead atoms. The van der Waals surface area contributed by atoms with Crippen LogP contribution in [0.15, 0.2) is 27.7 Å². The zero-order valence-corrected chi connectivity index (χ0v) is 6.50. The highest BCUT2D eigenvalue weighted by Crippen LogP contribution is 2.16. The van der Waals surface area contributed by atoms with E-state index in [0.717, 1.165) is 5.52 Å². The van der Waals surface area contributed by atoms with Crippen molar-refractivity contribution in [3.8, 4) is 0 Å². The largest absolute Gasteiger partial charge is 0.429 e. The maximum Gasteiger partial charge on any atom is 0.265 e. The van der Waals surface area contributed by atoms with Gasteiger partial charge in [-0.15, -0.1) is 0 Å². The fourth-order valence-electron chi connectivity index (χ4n) is 0.752. The Labute approximate surface area is 65.2 Å². The number of halogens is 1. The van der Waals surface area contributed by atoms with Gasteiger partial charge in [-0.25, -0.2) is 4.98 Å². The average molecular weight is 199 g/mol. The van der Waals surface area contributed by atoms with Crippen molar-refractivity contribution < 1.29 is 4.42 Å². The first-order valence-corrected chi connectivity index (χ1v) is 3.51. The summed E-state index contributed by atoms with van der Waals surface area (Å²) in [6.07, 6.45) is 3.31. The van der Waals surface area contributed by atoms with Crippen LogP contribution in [0.1, 0.15) is 0 Å². The van der Waals surface area contributed by atoms with E-state index in [0.29, 0.717) is 10.4 Å². The van der Waals surface area contributed by atoms with Crippen LogP contribution >= 0.6 is 15.9 Å². The summed E-state index contributed by atoms with van der Waals surface area (Å²) in [5, 5.41) is 0. The number of fused-ring (bicyclic) bond motifs is 1. The van der Waals surface area contributed by atoms with Crippen LogP contribution in [-0.4, -0.2) is 9.97 Å². The molecule has 0 aliphatic rings. The van der Waals surface area contributed by atoms with Crippen molar-refractivity contribution in [2.75, 3.05) is 0 Å². The Morgan fingerprint density at radius 1 is 1.50 bits per heavy atom. The van der Waals surface area contributed by atoms with E-state index in [-0.39, 0.29) is 0 Å². The number of rotatable bonds is 0. The molecule has 4 heteroatoms. The van der Waals surface area contributed by atoms with Crippen LogP contribution in [0.2, 0.25) is 0 Å². The van der Waals surface area contributed by atoms with Crippen molar-refractivity contribution in [1.82, 2.24) is 9.97 Å². The number of hydrogen-bond acceptors (Lipinski definition) is 3. The summed E-state index contributed by atoms with van der Waals surface area (Å²) < 4.78 is 5.11. The molecule has 50 valence electrons. The highest BCUT2D eigenvalue weighted by molar-refractivity contribution is 9.10. The summed E-state index contributed by atoms with van der Waals surface area (Å²) in [4.78, 5) is 8.39. The van der Waals surface area contributed by atoms with Gasteiger partial charge in [0.05, 0.1) is 6.20 Å². The monoisotopic (exact) mass is 198 g/mol. The molecule has 0 fully saturated rings. The predicted octanol–water partition coefficient (Wildman–Crippen LogP) is 1.99. The molecule has 0 aliphatic heterocycles. The van der Waals surface area contributed by atoms with Crippen molar-refractivity contribution in [2.45, 2.75) is 0 Å². The summed E-state index contributed by atoms with van der Waals surface area (Å²) >= 11 is 3.12. The van der Waals surface area contributed by atoms with Crippen LogP contribution in [0.3, 0.4) is 0 Å². The first-order chi connectivity index (χ1) is 4.86. The van der Waals surface area contributed by atoms with E-state index in [4.69, 9.17) is 4.42 Å². The zero-order chi connectivity index (χ0) is 6.97. The minimum Gasteiger partial charge on any atom is -0.429 e. The molecule has 0 aliphatic carbocycles. The highest BCUT2D eigenvalue weighted by atomic mass is 79.9. The van der Waals surface area contributed by atoms with Gasteiger partial charge in [0.2, 0.25) is 0 Å². The molecule has 10 heavy (non-hydrogen) atoms. The van der Waals surface area contributed by atoms with Crippen LogP contribution in [0.4, 0.5) is 0 Å². The number of nitrogens with zero attached hydrogens (tertiary/aromatic N) is 2. The van der Waals surface area contributed by atoms with Crippen LogP contribution in [0.25, 0.3) is 11.1 Å². The van der Waals surface area contributed by atoms with Crippen LogP contribution in [0.5, 0.6) is 0 Å². The molecule has 0 unspecified atom stereocenters. The molecule has 0 atom stereocenters. The van der Waals surface area contributed by atoms with Gasteiger partial charge in [-0.1, -0.05) is 0 Å². The third-order valence-electron chi connectivity index (χ3n) is 1.17. The molecular formula is C6H3BrN2O. The molecule has 0 spiro atoms. The van der Waals surface area contributed by atoms with Gasteiger partial charge >= 0.3 is 0 Å². The molecule has 0 amide bonds. The van der Waals surface area contributed by atoms with Crippen molar-refractivity contribution in [2.24, 2.45) is 0 Å². The Morgan fingerprint density at radius 2 is 2.40 bits per heavy atom. The van der Waals surface area contributed by atoms with Gasteiger partial charge in [0.1, 0.15) is 5.52 Å². The number of oxazole rings is 1. The van der Waals surface area contributed by atoms with Gasteiger partial charge in [-0.3, -0.25) is 4.98 Å². The maximum atomic E-state index is 5.11. The van der Waals surface area contributed by atoms with Gasteiger partial charge in [0.15, 0.2) is 5.58 Å². The van der Waals surface area contributed by atoms with E-state index in [1.165, 1.54) is 0 Å². The standard InChI is InChI=1S/C6H3BrN2O/c7-6-9-4-1-2-8-3-5(4)10-6/h1-3H. The highest BCUT2D eigenvalue weighted by Gasteiger charge is 1.99. The first-order valence-electron chi connectivity index (χ1n) is 2.72. The van der Waals surface area contributed by atoms with Gasteiger partial charge in [-0.2, -0.15) is 0 Å². The second-order valence-electron chi connectivity index (χ2n) is 1.81. The van der Waals surface area contributed by atoms with E-state index in [1.807, 2.05) is 0 Å². The molecule has 2 aromatic rings. The minimum absolute atomic E-state index is 0.496. The van der Waals surface area contributed by atoms with Crippen molar-refractivity contribution in [3.05, 3.63) is 23.3 Å². The minimum atomic E-state index is 0.496. The van der Waals surface area contributed by atoms with E-state index in [9.17, 15) is 0 Å². The molecule has 0 saturated heterocycles. The molecule has 0 N–H and O–H groups in total. The van der Waals surface area contributed by atoms with E-state index < -0.39 is 0 Å². The van der Waals surface area contributed by atoms with Gasteiger partial charge < -0.3 is 4.42 Å². The third-order valence-corrected chi connectivity index (χ3v) is 1.50. The van der Waals surface area contributed by atoms with Crippen LogP contribution in [-0.2, 0) is 0 Å². The third kappa shape index (κ3) is 0.806. The summed E-state index contributed by atoms with van der Waals surface area (Å²) in [6, 6.07) is 1.80. The molecule has 0 saturated carbocycles. The van der Waals surface area contributed by atoms with Crippen LogP contribution in [0, 0.1) is 0 Å². The van der Waals surface area contributed by atoms with Gasteiger partial charge in [-0.05, 0) is 6.07 Å². The normalized spacial score (nSPS) is 10.5. The van der Waals surface area contributed by atoms with E-state index in [1.54, 1.807) is 18.5 Å². The summed E-state index contributed by atoms with van der Waals surface area (Å²) in [7, 11) is 0. The lowest BCUT2D eigenvalue weighted by atomic mass is 10.4. The summed E-state index contributed by atoms with van der Waals surface area (Å²) in [6.45, 7) is 0. The van der Waals surface area contributed by atoms with Crippen molar-refractivity contribution >= 4 is 27.0 Å². The number of hydrogen-bond donors (Lipinski definition) is 0. The topological polar surface area (TPSA) is 38.9 Å². The van der Waals surface area contributed by atoms with Gasteiger partial charge in [0.25, 0.3) is 4.80 Å². The van der Waals surface area contributed by atoms with E-state index >= 15 is 0 Å². The van der Waals surface area contributed by atoms with Crippen molar-refractivity contribution in [1.29, 1.82) is 0 Å². The lowest BCUT2D eigenvalue weighted by molar-refractivity contribution is 0.569. The molecular weight excluding hydrogens is 196 g/mol. The summed E-state index contributed by atoms with van der Waals surface area (Å²) in [5.41, 5.74) is 1.52. The second kappa shape index (κ2) is 2.05. The summed E-state index contributed by atoms with van der Waals surface area (Å²) in [5.74, 6) is 0. The maximum absolute atomic E-state index is 5.11. The second-order valence-corrected chi connectivity index (χ2v) is 2.49. The fraction of sp³-hybridized carbons (Fsp3) is 0. The Balaban J connectivity index is 2.88. The molecule has 3 nitrogen and oxygen atoms in total. The molecule has 2 heterocycles. The molecule has 0 aromatic carbocycles. The molecule has 2 rings (SSSR count). The van der Waals surface area contributed by atoms with Crippen molar-refractivity contribution in [3.63, 3.8) is 0 Å². The molecule has 0 radical (unpaired) electrons. The number of aromatic nitrogens is 2. The Kier molecular flexibility index (Phi) is 1.20. The average Bonchev–Trinajstić information content (AvgIpc) is 2.27. The van der Waals surface area contributed by atoms with E-state index in [2.05, 4.69) is 25.9 Å². The van der Waals surface area contributed by atoms with Gasteiger partial charge in [0, 0.05) is 22.1 Å². The SMILES string of the molecule is Brc1nc2ccncc2o1. The Morgan fingerprint density at radius 3 is 3.20 bits per heavy atom. The Bertz CT molecular complexity index is 324.